The molecule has 0 bridgehead atoms. The Balaban J connectivity index is 0.00000320. The van der Waals surface area contributed by atoms with Crippen LogP contribution < -0.4 is 5.69 Å². The quantitative estimate of drug-likeness (QED) is 0.327. The third-order valence-corrected chi connectivity index (χ3v) is 7.08. The molecular weight excluding hydrogens is 491 g/mol. The van der Waals surface area contributed by atoms with Crippen LogP contribution >= 0.6 is 12.4 Å². The number of Topliss-reactive ketones (excluding diaryl/α,β-unsaturated/α-hetero) is 1. The maximum absolute atomic E-state index is 13.4. The van der Waals surface area contributed by atoms with Gasteiger partial charge in [-0.1, -0.05) is 24.3 Å². The lowest BCUT2D eigenvalue weighted by atomic mass is 9.89. The Morgan fingerprint density at radius 3 is 2.14 bits per heavy atom. The lowest BCUT2D eigenvalue weighted by Gasteiger charge is -2.31. The van der Waals surface area contributed by atoms with Gasteiger partial charge in [0.1, 0.15) is 5.82 Å². The highest BCUT2D eigenvalue weighted by Gasteiger charge is 2.26. The smallest absolute Gasteiger partial charge is 0.302 e. The molecule has 0 aliphatic carbocycles. The number of carbonyl (C=O) groups excluding carboxylic acids is 1. The highest BCUT2D eigenvalue weighted by Crippen LogP contribution is 2.22. The van der Waals surface area contributed by atoms with Crippen molar-refractivity contribution in [1.82, 2.24) is 14.0 Å². The van der Waals surface area contributed by atoms with Gasteiger partial charge in [0.05, 0.1) is 29.2 Å². The first-order valence-electron chi connectivity index (χ1n) is 12.2. The van der Waals surface area contributed by atoms with Gasteiger partial charge in [-0.05, 0) is 80.0 Å². The summed E-state index contributed by atoms with van der Waals surface area (Å²) in [6.07, 6.45) is 1.51. The van der Waals surface area contributed by atoms with E-state index in [9.17, 15) is 14.0 Å². The number of fused-ring (bicyclic) bond motifs is 1. The summed E-state index contributed by atoms with van der Waals surface area (Å²) in [4.78, 5) is 28.5. The van der Waals surface area contributed by atoms with Gasteiger partial charge in [-0.25, -0.2) is 9.18 Å². The summed E-state index contributed by atoms with van der Waals surface area (Å²) in [6.45, 7) is 3.31. The van der Waals surface area contributed by atoms with Crippen LogP contribution in [0.4, 0.5) is 4.39 Å². The molecule has 4 aromatic rings. The van der Waals surface area contributed by atoms with E-state index in [0.717, 1.165) is 49.1 Å². The van der Waals surface area contributed by atoms with E-state index in [4.69, 9.17) is 5.26 Å². The Hall–Kier alpha value is -3.73. The number of ketones is 1. The number of carbonyl (C=O) groups is 1. The van der Waals surface area contributed by atoms with Gasteiger partial charge in [-0.2, -0.15) is 5.26 Å². The molecule has 1 aromatic heterocycles. The summed E-state index contributed by atoms with van der Waals surface area (Å²) >= 11 is 0. The molecule has 0 saturated carbocycles. The SMILES string of the molecule is Cl.N#Cc1ccc(Cn2c(=O)n(CCN3CCC(C(=O)c4ccc(F)cc4)CC3)c3ccccc32)cc1. The molecule has 0 N–H and O–H groups in total. The number of para-hydroxylation sites is 2. The van der Waals surface area contributed by atoms with Crippen LogP contribution in [0.1, 0.15) is 34.3 Å². The van der Waals surface area contributed by atoms with Gasteiger partial charge in [0, 0.05) is 24.6 Å². The zero-order chi connectivity index (χ0) is 25.1. The minimum atomic E-state index is -0.338. The van der Waals surface area contributed by atoms with Crippen LogP contribution in [0, 0.1) is 23.1 Å². The van der Waals surface area contributed by atoms with Crippen LogP contribution in [0.3, 0.4) is 0 Å². The number of nitriles is 1. The lowest BCUT2D eigenvalue weighted by Crippen LogP contribution is -2.39. The van der Waals surface area contributed by atoms with E-state index in [1.165, 1.54) is 12.1 Å². The van der Waals surface area contributed by atoms with Crippen LogP contribution in [-0.4, -0.2) is 39.5 Å². The molecule has 0 unspecified atom stereocenters. The Labute approximate surface area is 221 Å². The van der Waals surface area contributed by atoms with Crippen LogP contribution in [-0.2, 0) is 13.1 Å². The number of hydrogen-bond donors (Lipinski definition) is 0. The minimum Gasteiger partial charge on any atom is -0.302 e. The number of benzene rings is 3. The second kappa shape index (κ2) is 11.5. The highest BCUT2D eigenvalue weighted by molar-refractivity contribution is 5.97. The van der Waals surface area contributed by atoms with E-state index in [0.29, 0.717) is 24.2 Å². The first-order valence-corrected chi connectivity index (χ1v) is 12.2. The standard InChI is InChI=1S/C29H27FN4O2.ClH/c30-25-11-9-23(10-12-25)28(35)24-13-15-32(16-14-24)17-18-33-26-3-1-2-4-27(26)34(29(33)36)20-22-7-5-21(19-31)6-8-22;/h1-12,24H,13-18,20H2;1H. The van der Waals surface area contributed by atoms with Gasteiger partial charge >= 0.3 is 5.69 Å². The Bertz CT molecular complexity index is 1480. The van der Waals surface area contributed by atoms with Crippen molar-refractivity contribution < 1.29 is 9.18 Å². The molecule has 0 spiro atoms. The maximum atomic E-state index is 13.4. The first kappa shape index (κ1) is 26.3. The van der Waals surface area contributed by atoms with Crippen LogP contribution in [0.25, 0.3) is 11.0 Å². The van der Waals surface area contributed by atoms with Crippen molar-refractivity contribution in [3.8, 4) is 6.07 Å². The minimum absolute atomic E-state index is 0. The topological polar surface area (TPSA) is 71.0 Å². The summed E-state index contributed by atoms with van der Waals surface area (Å²) in [6, 6.07) is 23.0. The third kappa shape index (κ3) is 5.66. The fourth-order valence-electron chi connectivity index (χ4n) is 5.02. The fourth-order valence-corrected chi connectivity index (χ4v) is 5.02. The predicted molar refractivity (Wildman–Crippen MR) is 144 cm³/mol. The monoisotopic (exact) mass is 518 g/mol. The largest absolute Gasteiger partial charge is 0.329 e. The van der Waals surface area contributed by atoms with Crippen molar-refractivity contribution >= 4 is 29.2 Å². The predicted octanol–water partition coefficient (Wildman–Crippen LogP) is 4.88. The molecule has 1 fully saturated rings. The number of piperidine rings is 1. The molecule has 6 nitrogen and oxygen atoms in total. The number of imidazole rings is 1. The summed E-state index contributed by atoms with van der Waals surface area (Å²) in [5.41, 5.74) is 3.86. The Morgan fingerprint density at radius 2 is 1.51 bits per heavy atom. The normalized spacial score (nSPS) is 14.3. The molecule has 3 aromatic carbocycles. The van der Waals surface area contributed by atoms with E-state index >= 15 is 0 Å². The van der Waals surface area contributed by atoms with Gasteiger partial charge in [-0.15, -0.1) is 12.4 Å². The molecule has 0 atom stereocenters. The van der Waals surface area contributed by atoms with E-state index in [1.807, 2.05) is 41.0 Å². The number of nitrogens with zero attached hydrogens (tertiary/aromatic N) is 4. The highest BCUT2D eigenvalue weighted by atomic mass is 35.5. The summed E-state index contributed by atoms with van der Waals surface area (Å²) in [5, 5.41) is 9.03. The molecule has 37 heavy (non-hydrogen) atoms. The number of likely N-dealkylation sites (tertiary alicyclic amines) is 1. The zero-order valence-corrected chi connectivity index (χ0v) is 21.2. The van der Waals surface area contributed by atoms with Crippen LogP contribution in [0.5, 0.6) is 0 Å². The maximum Gasteiger partial charge on any atom is 0.329 e. The van der Waals surface area contributed by atoms with Crippen molar-refractivity contribution in [2.24, 2.45) is 5.92 Å². The van der Waals surface area contributed by atoms with E-state index in [-0.39, 0.29) is 35.6 Å². The third-order valence-electron chi connectivity index (χ3n) is 7.08. The van der Waals surface area contributed by atoms with E-state index < -0.39 is 0 Å². The molecule has 2 heterocycles. The van der Waals surface area contributed by atoms with Crippen LogP contribution in [0.15, 0.2) is 77.6 Å². The van der Waals surface area contributed by atoms with Crippen LogP contribution in [0.2, 0.25) is 0 Å². The van der Waals surface area contributed by atoms with Crippen molar-refractivity contribution in [2.45, 2.75) is 25.9 Å². The Kier molecular flexibility index (Phi) is 8.22. The molecular formula is C29H28ClFN4O2. The molecule has 1 aliphatic rings. The molecule has 0 radical (unpaired) electrons. The van der Waals surface area contributed by atoms with E-state index in [2.05, 4.69) is 11.0 Å². The number of aromatic nitrogens is 2. The molecule has 1 aliphatic heterocycles. The number of hydrogen-bond acceptors (Lipinski definition) is 4. The van der Waals surface area contributed by atoms with Gasteiger partial charge < -0.3 is 4.90 Å². The second-order valence-electron chi connectivity index (χ2n) is 9.30. The average molecular weight is 519 g/mol. The number of rotatable bonds is 7. The first-order chi connectivity index (χ1) is 17.5. The fraction of sp³-hybridized carbons (Fsp3) is 0.276. The van der Waals surface area contributed by atoms with Crippen molar-refractivity contribution in [3.63, 3.8) is 0 Å². The Morgan fingerprint density at radius 1 is 0.892 bits per heavy atom. The molecule has 0 amide bonds. The second-order valence-corrected chi connectivity index (χ2v) is 9.30. The summed E-state index contributed by atoms with van der Waals surface area (Å²) in [5.74, 6) is -0.310. The van der Waals surface area contributed by atoms with Crippen molar-refractivity contribution in [2.75, 3.05) is 19.6 Å². The molecule has 1 saturated heterocycles. The zero-order valence-electron chi connectivity index (χ0n) is 20.3. The van der Waals surface area contributed by atoms with Gasteiger partial charge in [0.2, 0.25) is 0 Å². The van der Waals surface area contributed by atoms with Crippen molar-refractivity contribution in [3.05, 3.63) is 106 Å². The molecule has 5 rings (SSSR count). The number of halogens is 2. The van der Waals surface area contributed by atoms with Crippen molar-refractivity contribution in [1.29, 1.82) is 5.26 Å². The van der Waals surface area contributed by atoms with Gasteiger partial charge in [-0.3, -0.25) is 13.9 Å². The summed E-state index contributed by atoms with van der Waals surface area (Å²) < 4.78 is 16.8. The van der Waals surface area contributed by atoms with E-state index in [1.54, 1.807) is 28.8 Å². The van der Waals surface area contributed by atoms with Gasteiger partial charge in [0.25, 0.3) is 0 Å². The lowest BCUT2D eigenvalue weighted by molar-refractivity contribution is 0.0837. The van der Waals surface area contributed by atoms with Gasteiger partial charge in [0.15, 0.2) is 5.78 Å². The summed E-state index contributed by atoms with van der Waals surface area (Å²) in [7, 11) is 0. The molecule has 8 heteroatoms. The average Bonchev–Trinajstić information content (AvgIpc) is 3.18. The molecule has 190 valence electrons.